The van der Waals surface area contributed by atoms with Gasteiger partial charge in [0.2, 0.25) is 0 Å². The lowest BCUT2D eigenvalue weighted by atomic mass is 9.91. The minimum atomic E-state index is -0.564. The van der Waals surface area contributed by atoms with Gasteiger partial charge in [0.25, 0.3) is 0 Å². The van der Waals surface area contributed by atoms with Crippen molar-refractivity contribution >= 4 is 22.5 Å². The van der Waals surface area contributed by atoms with Crippen LogP contribution in [0.1, 0.15) is 24.6 Å². The second kappa shape index (κ2) is 5.26. The molecular weight excluding hydrogens is 266 g/mol. The number of rotatable bonds is 3. The Hall–Kier alpha value is -1.86. The Morgan fingerprint density at radius 1 is 0.900 bits per heavy atom. The maximum atomic E-state index is 6.91. The number of para-hydroxylation sites is 1. The van der Waals surface area contributed by atoms with E-state index in [4.69, 9.17) is 16.6 Å². The lowest BCUT2D eigenvalue weighted by Gasteiger charge is -2.26. The third-order valence-corrected chi connectivity index (χ3v) is 4.40. The van der Waals surface area contributed by atoms with Crippen molar-refractivity contribution in [3.63, 3.8) is 0 Å². The zero-order valence-corrected chi connectivity index (χ0v) is 12.1. The fourth-order valence-corrected chi connectivity index (χ4v) is 2.75. The van der Waals surface area contributed by atoms with Crippen LogP contribution in [0.15, 0.2) is 66.7 Å². The van der Waals surface area contributed by atoms with Crippen LogP contribution in [-0.2, 0) is 4.87 Å². The molecule has 0 aliphatic carbocycles. The maximum Gasteiger partial charge on any atom is 0.111 e. The van der Waals surface area contributed by atoms with E-state index in [1.54, 1.807) is 0 Å². The van der Waals surface area contributed by atoms with Gasteiger partial charge >= 0.3 is 0 Å². The summed E-state index contributed by atoms with van der Waals surface area (Å²) in [6, 6.07) is 22.4. The van der Waals surface area contributed by atoms with Gasteiger partial charge in [-0.3, -0.25) is 4.98 Å². The monoisotopic (exact) mass is 281 g/mol. The molecular formula is C18H16ClN. The molecule has 0 aliphatic heterocycles. The van der Waals surface area contributed by atoms with Gasteiger partial charge in [-0.1, -0.05) is 61.5 Å². The standard InChI is InChI=1S/C18H16ClN/c1-2-18(19,15-9-4-3-5-10-15)17-13-12-14-8-6-7-11-16(14)20-17/h3-13H,2H2,1H3. The summed E-state index contributed by atoms with van der Waals surface area (Å²) < 4.78 is 0. The van der Waals surface area contributed by atoms with Crippen LogP contribution in [0.3, 0.4) is 0 Å². The predicted octanol–water partition coefficient (Wildman–Crippen LogP) is 5.13. The van der Waals surface area contributed by atoms with E-state index in [1.165, 1.54) is 0 Å². The SMILES string of the molecule is CCC(Cl)(c1ccccc1)c1ccc2ccccc2n1. The molecule has 100 valence electrons. The van der Waals surface area contributed by atoms with Crippen LogP contribution in [0, 0.1) is 0 Å². The second-order valence-corrected chi connectivity index (χ2v) is 5.56. The summed E-state index contributed by atoms with van der Waals surface area (Å²) in [7, 11) is 0. The molecule has 1 aromatic heterocycles. The molecule has 0 spiro atoms. The van der Waals surface area contributed by atoms with E-state index >= 15 is 0 Å². The summed E-state index contributed by atoms with van der Waals surface area (Å²) in [6.45, 7) is 2.09. The number of alkyl halides is 1. The number of hydrogen-bond acceptors (Lipinski definition) is 1. The molecule has 1 atom stereocenters. The van der Waals surface area contributed by atoms with Crippen LogP contribution in [0.5, 0.6) is 0 Å². The van der Waals surface area contributed by atoms with Crippen molar-refractivity contribution in [2.45, 2.75) is 18.2 Å². The maximum absolute atomic E-state index is 6.91. The Morgan fingerprint density at radius 2 is 1.60 bits per heavy atom. The highest BCUT2D eigenvalue weighted by molar-refractivity contribution is 6.25. The normalized spacial score (nSPS) is 14.1. The molecule has 20 heavy (non-hydrogen) atoms. The van der Waals surface area contributed by atoms with E-state index in [2.05, 4.69) is 31.2 Å². The molecule has 0 saturated carbocycles. The van der Waals surface area contributed by atoms with Crippen molar-refractivity contribution < 1.29 is 0 Å². The van der Waals surface area contributed by atoms with Gasteiger partial charge < -0.3 is 0 Å². The molecule has 0 bridgehead atoms. The minimum absolute atomic E-state index is 0.564. The van der Waals surface area contributed by atoms with Crippen LogP contribution in [-0.4, -0.2) is 4.98 Å². The second-order valence-electron chi connectivity index (χ2n) is 4.91. The third kappa shape index (κ3) is 2.19. The first-order chi connectivity index (χ1) is 9.74. The molecule has 1 unspecified atom stereocenters. The van der Waals surface area contributed by atoms with Crippen molar-refractivity contribution in [3.05, 3.63) is 78.0 Å². The van der Waals surface area contributed by atoms with Gasteiger partial charge in [-0.25, -0.2) is 0 Å². The zero-order valence-electron chi connectivity index (χ0n) is 11.4. The summed E-state index contributed by atoms with van der Waals surface area (Å²) in [5.74, 6) is 0. The fourth-order valence-electron chi connectivity index (χ4n) is 2.52. The molecule has 0 N–H and O–H groups in total. The number of hydrogen-bond donors (Lipinski definition) is 0. The van der Waals surface area contributed by atoms with E-state index in [9.17, 15) is 0 Å². The molecule has 0 radical (unpaired) electrons. The Labute approximate surface area is 124 Å². The number of benzene rings is 2. The molecule has 3 rings (SSSR count). The van der Waals surface area contributed by atoms with Gasteiger partial charge in [0.1, 0.15) is 4.87 Å². The molecule has 3 aromatic rings. The van der Waals surface area contributed by atoms with Gasteiger partial charge in [0.05, 0.1) is 11.2 Å². The van der Waals surface area contributed by atoms with Gasteiger partial charge in [0, 0.05) is 5.39 Å². The topological polar surface area (TPSA) is 12.9 Å². The summed E-state index contributed by atoms with van der Waals surface area (Å²) in [4.78, 5) is 4.20. The van der Waals surface area contributed by atoms with Crippen molar-refractivity contribution in [2.24, 2.45) is 0 Å². The fraction of sp³-hybridized carbons (Fsp3) is 0.167. The molecule has 2 heteroatoms. The van der Waals surface area contributed by atoms with Crippen LogP contribution in [0.2, 0.25) is 0 Å². The molecule has 0 aliphatic rings. The van der Waals surface area contributed by atoms with Crippen molar-refractivity contribution in [1.29, 1.82) is 0 Å². The zero-order chi connectivity index (χ0) is 14.0. The summed E-state index contributed by atoms with van der Waals surface area (Å²) in [5.41, 5.74) is 2.98. The van der Waals surface area contributed by atoms with Crippen molar-refractivity contribution in [2.75, 3.05) is 0 Å². The predicted molar refractivity (Wildman–Crippen MR) is 85.1 cm³/mol. The molecule has 1 nitrogen and oxygen atoms in total. The Bertz CT molecular complexity index is 724. The number of fused-ring (bicyclic) bond motifs is 1. The Morgan fingerprint density at radius 3 is 2.35 bits per heavy atom. The minimum Gasteiger partial charge on any atom is -0.251 e. The number of pyridine rings is 1. The molecule has 2 aromatic carbocycles. The van der Waals surface area contributed by atoms with Gasteiger partial charge in [-0.15, -0.1) is 11.6 Å². The van der Waals surface area contributed by atoms with Crippen LogP contribution < -0.4 is 0 Å². The highest BCUT2D eigenvalue weighted by Gasteiger charge is 2.31. The van der Waals surface area contributed by atoms with E-state index < -0.39 is 4.87 Å². The first-order valence-electron chi connectivity index (χ1n) is 6.85. The lowest BCUT2D eigenvalue weighted by molar-refractivity contribution is 0.675. The van der Waals surface area contributed by atoms with E-state index in [0.717, 1.165) is 28.6 Å². The Balaban J connectivity index is 2.16. The average molecular weight is 282 g/mol. The number of aromatic nitrogens is 1. The number of halogens is 1. The van der Waals surface area contributed by atoms with E-state index in [0.29, 0.717) is 0 Å². The summed E-state index contributed by atoms with van der Waals surface area (Å²) in [5, 5.41) is 1.14. The van der Waals surface area contributed by atoms with Crippen LogP contribution in [0.4, 0.5) is 0 Å². The highest BCUT2D eigenvalue weighted by Crippen LogP contribution is 2.39. The largest absolute Gasteiger partial charge is 0.251 e. The first-order valence-corrected chi connectivity index (χ1v) is 7.22. The average Bonchev–Trinajstić information content (AvgIpc) is 2.54. The van der Waals surface area contributed by atoms with Crippen molar-refractivity contribution in [3.8, 4) is 0 Å². The summed E-state index contributed by atoms with van der Waals surface area (Å²) >= 11 is 6.91. The lowest BCUT2D eigenvalue weighted by Crippen LogP contribution is -2.20. The summed E-state index contributed by atoms with van der Waals surface area (Å²) in [6.07, 6.45) is 0.796. The molecule has 1 heterocycles. The highest BCUT2D eigenvalue weighted by atomic mass is 35.5. The van der Waals surface area contributed by atoms with Crippen molar-refractivity contribution in [1.82, 2.24) is 4.98 Å². The smallest absolute Gasteiger partial charge is 0.111 e. The van der Waals surface area contributed by atoms with E-state index in [1.807, 2.05) is 42.5 Å². The first kappa shape index (κ1) is 13.1. The van der Waals surface area contributed by atoms with Gasteiger partial charge in [-0.2, -0.15) is 0 Å². The molecule has 0 amide bonds. The quantitative estimate of drug-likeness (QED) is 0.607. The molecule has 0 saturated heterocycles. The third-order valence-electron chi connectivity index (χ3n) is 3.72. The number of nitrogens with zero attached hydrogens (tertiary/aromatic N) is 1. The Kier molecular flexibility index (Phi) is 3.45. The van der Waals surface area contributed by atoms with Crippen LogP contribution in [0.25, 0.3) is 10.9 Å². The van der Waals surface area contributed by atoms with Crippen LogP contribution >= 0.6 is 11.6 Å². The molecule has 0 fully saturated rings. The van der Waals surface area contributed by atoms with Gasteiger partial charge in [-0.05, 0) is 24.1 Å². The van der Waals surface area contributed by atoms with Gasteiger partial charge in [0.15, 0.2) is 0 Å². The van der Waals surface area contributed by atoms with E-state index in [-0.39, 0.29) is 0 Å².